The number of rotatable bonds is 3. The van der Waals surface area contributed by atoms with Crippen LogP contribution in [0.3, 0.4) is 0 Å². The normalized spacial score (nSPS) is 23.5. The molecule has 0 saturated carbocycles. The van der Waals surface area contributed by atoms with Crippen molar-refractivity contribution in [3.05, 3.63) is 35.1 Å². The lowest BCUT2D eigenvalue weighted by Crippen LogP contribution is -2.37. The number of amides is 2. The van der Waals surface area contributed by atoms with Crippen molar-refractivity contribution in [1.29, 1.82) is 0 Å². The number of hydrogen-bond acceptors (Lipinski definition) is 2. The zero-order chi connectivity index (χ0) is 17.5. The number of aryl methyl sites for hydroxylation is 1. The fourth-order valence-corrected chi connectivity index (χ4v) is 3.33. The smallest absolute Gasteiger partial charge is 0.349 e. The molecule has 130 valence electrons. The molecule has 8 heteroatoms. The van der Waals surface area contributed by atoms with Gasteiger partial charge in [0.2, 0.25) is 11.8 Å². The van der Waals surface area contributed by atoms with E-state index in [9.17, 15) is 27.2 Å². The second-order valence-electron chi connectivity index (χ2n) is 6.23. The van der Waals surface area contributed by atoms with E-state index in [0.29, 0.717) is 23.3 Å². The monoisotopic (exact) mass is 344 g/mol. The minimum Gasteiger partial charge on any atom is -0.349 e. The van der Waals surface area contributed by atoms with Crippen LogP contribution < -0.4 is 5.32 Å². The Hall–Kier alpha value is -2.12. The predicted octanol–water partition coefficient (Wildman–Crippen LogP) is 2.34. The zero-order valence-corrected chi connectivity index (χ0v) is 12.7. The van der Waals surface area contributed by atoms with Crippen LogP contribution in [-0.2, 0) is 16.0 Å². The van der Waals surface area contributed by atoms with E-state index in [-0.39, 0.29) is 19.0 Å². The molecule has 0 bridgehead atoms. The molecule has 1 aromatic rings. The Morgan fingerprint density at radius 2 is 2.08 bits per heavy atom. The predicted molar refractivity (Wildman–Crippen MR) is 76.3 cm³/mol. The van der Waals surface area contributed by atoms with E-state index in [1.165, 1.54) is 12.1 Å². The molecule has 0 spiro atoms. The van der Waals surface area contributed by atoms with Crippen molar-refractivity contribution in [2.24, 2.45) is 5.92 Å². The average molecular weight is 344 g/mol. The van der Waals surface area contributed by atoms with Crippen molar-refractivity contribution >= 4 is 11.8 Å². The molecule has 2 aliphatic rings. The lowest BCUT2D eigenvalue weighted by atomic mass is 10.0. The summed E-state index contributed by atoms with van der Waals surface area (Å²) in [6.07, 6.45) is -3.41. The number of nitrogens with zero attached hydrogens (tertiary/aromatic N) is 1. The van der Waals surface area contributed by atoms with Gasteiger partial charge < -0.3 is 10.2 Å². The maximum absolute atomic E-state index is 13.4. The molecule has 0 aromatic heterocycles. The van der Waals surface area contributed by atoms with Crippen LogP contribution in [0.1, 0.15) is 30.0 Å². The molecule has 1 saturated heterocycles. The minimum absolute atomic E-state index is 0.232. The Morgan fingerprint density at radius 3 is 2.79 bits per heavy atom. The third-order valence-electron chi connectivity index (χ3n) is 4.46. The number of carbonyl (C=O) groups is 2. The van der Waals surface area contributed by atoms with E-state index in [1.54, 1.807) is 6.07 Å². The van der Waals surface area contributed by atoms with E-state index in [0.717, 1.165) is 5.56 Å². The molecule has 2 atom stereocenters. The molecule has 4 nitrogen and oxygen atoms in total. The number of halogens is 4. The van der Waals surface area contributed by atoms with Crippen molar-refractivity contribution in [2.75, 3.05) is 13.1 Å². The van der Waals surface area contributed by atoms with E-state index < -0.39 is 36.3 Å². The Kier molecular flexibility index (Phi) is 4.23. The maximum atomic E-state index is 13.4. The molecule has 1 fully saturated rings. The van der Waals surface area contributed by atoms with E-state index in [1.807, 2.05) is 0 Å². The molecule has 1 heterocycles. The van der Waals surface area contributed by atoms with Crippen LogP contribution in [0.15, 0.2) is 18.2 Å². The van der Waals surface area contributed by atoms with E-state index in [2.05, 4.69) is 5.32 Å². The van der Waals surface area contributed by atoms with Gasteiger partial charge in [0, 0.05) is 13.0 Å². The lowest BCUT2D eigenvalue weighted by molar-refractivity contribution is -0.157. The first-order valence-corrected chi connectivity index (χ1v) is 7.66. The third-order valence-corrected chi connectivity index (χ3v) is 4.46. The Morgan fingerprint density at radius 1 is 1.33 bits per heavy atom. The van der Waals surface area contributed by atoms with Gasteiger partial charge in [0.15, 0.2) is 0 Å². The second-order valence-corrected chi connectivity index (χ2v) is 6.23. The SMILES string of the molecule is O=C(N[C@H]1CCc2ccc(F)cc21)[C@@H]1CC(=O)N(CC(F)(F)F)C1. The fourth-order valence-electron chi connectivity index (χ4n) is 3.33. The van der Waals surface area contributed by atoms with Gasteiger partial charge in [-0.3, -0.25) is 9.59 Å². The summed E-state index contributed by atoms with van der Waals surface area (Å²) in [7, 11) is 0. The van der Waals surface area contributed by atoms with Gasteiger partial charge >= 0.3 is 6.18 Å². The Balaban J connectivity index is 1.63. The summed E-state index contributed by atoms with van der Waals surface area (Å²) in [4.78, 5) is 24.6. The second kappa shape index (κ2) is 6.07. The lowest BCUT2D eigenvalue weighted by Gasteiger charge is -2.19. The molecular formula is C16H16F4N2O2. The molecular weight excluding hydrogens is 328 g/mol. The number of hydrogen-bond donors (Lipinski definition) is 1. The van der Waals surface area contributed by atoms with Gasteiger partial charge in [0.05, 0.1) is 12.0 Å². The molecule has 1 aromatic carbocycles. The molecule has 3 rings (SSSR count). The van der Waals surface area contributed by atoms with Crippen LogP contribution in [0.2, 0.25) is 0 Å². The van der Waals surface area contributed by atoms with Crippen LogP contribution >= 0.6 is 0 Å². The van der Waals surface area contributed by atoms with Crippen molar-refractivity contribution in [2.45, 2.75) is 31.5 Å². The maximum Gasteiger partial charge on any atom is 0.406 e. The topological polar surface area (TPSA) is 49.4 Å². The summed E-state index contributed by atoms with van der Waals surface area (Å²) in [5.41, 5.74) is 1.64. The summed E-state index contributed by atoms with van der Waals surface area (Å²) in [6, 6.07) is 4.02. The largest absolute Gasteiger partial charge is 0.406 e. The fraction of sp³-hybridized carbons (Fsp3) is 0.500. The number of fused-ring (bicyclic) bond motifs is 1. The zero-order valence-electron chi connectivity index (χ0n) is 12.7. The van der Waals surface area contributed by atoms with Crippen molar-refractivity contribution in [3.8, 4) is 0 Å². The summed E-state index contributed by atoms with van der Waals surface area (Å²) in [6.45, 7) is -1.58. The quantitative estimate of drug-likeness (QED) is 0.856. The van der Waals surface area contributed by atoms with Crippen LogP contribution in [0.25, 0.3) is 0 Å². The van der Waals surface area contributed by atoms with Crippen LogP contribution in [0, 0.1) is 11.7 Å². The van der Waals surface area contributed by atoms with E-state index in [4.69, 9.17) is 0 Å². The summed E-state index contributed by atoms with van der Waals surface area (Å²) >= 11 is 0. The molecule has 0 radical (unpaired) electrons. The van der Waals surface area contributed by atoms with E-state index >= 15 is 0 Å². The first kappa shape index (κ1) is 16.7. The number of carbonyl (C=O) groups excluding carboxylic acids is 2. The third kappa shape index (κ3) is 3.52. The summed E-state index contributed by atoms with van der Waals surface area (Å²) < 4.78 is 50.6. The number of nitrogens with one attached hydrogen (secondary N) is 1. The highest BCUT2D eigenvalue weighted by Crippen LogP contribution is 2.32. The van der Waals surface area contributed by atoms with Gasteiger partial charge in [-0.2, -0.15) is 13.2 Å². The molecule has 2 amide bonds. The summed E-state index contributed by atoms with van der Waals surface area (Å²) in [5, 5.41) is 2.74. The molecule has 1 N–H and O–H groups in total. The van der Waals surface area contributed by atoms with Gasteiger partial charge in [-0.1, -0.05) is 6.07 Å². The minimum atomic E-state index is -4.48. The average Bonchev–Trinajstić information content (AvgIpc) is 3.02. The highest BCUT2D eigenvalue weighted by atomic mass is 19.4. The van der Waals surface area contributed by atoms with Gasteiger partial charge in [0.25, 0.3) is 0 Å². The highest BCUT2D eigenvalue weighted by Gasteiger charge is 2.41. The van der Waals surface area contributed by atoms with Gasteiger partial charge in [-0.15, -0.1) is 0 Å². The Labute approximate surface area is 135 Å². The number of alkyl halides is 3. The molecule has 1 aliphatic carbocycles. The van der Waals surface area contributed by atoms with Gasteiger partial charge in [0.1, 0.15) is 12.4 Å². The van der Waals surface area contributed by atoms with Gasteiger partial charge in [-0.05, 0) is 36.1 Å². The van der Waals surface area contributed by atoms with Crippen molar-refractivity contribution < 1.29 is 27.2 Å². The van der Waals surface area contributed by atoms with Crippen LogP contribution in [-0.4, -0.2) is 36.0 Å². The van der Waals surface area contributed by atoms with Gasteiger partial charge in [-0.25, -0.2) is 4.39 Å². The first-order chi connectivity index (χ1) is 11.2. The number of benzene rings is 1. The van der Waals surface area contributed by atoms with Crippen molar-refractivity contribution in [3.63, 3.8) is 0 Å². The van der Waals surface area contributed by atoms with Crippen molar-refractivity contribution in [1.82, 2.24) is 10.2 Å². The van der Waals surface area contributed by atoms with Crippen LogP contribution in [0.5, 0.6) is 0 Å². The first-order valence-electron chi connectivity index (χ1n) is 7.66. The highest BCUT2D eigenvalue weighted by molar-refractivity contribution is 5.89. The standard InChI is InChI=1S/C16H16F4N2O2/c17-11-3-1-9-2-4-13(12(9)6-11)21-15(24)10-5-14(23)22(7-10)8-16(18,19)20/h1,3,6,10,13H,2,4-5,7-8H2,(H,21,24)/t10-,13+/m1/s1. The molecule has 24 heavy (non-hydrogen) atoms. The molecule has 0 unspecified atom stereocenters. The Bertz CT molecular complexity index is 675. The summed E-state index contributed by atoms with van der Waals surface area (Å²) in [5.74, 6) is -2.35. The number of likely N-dealkylation sites (tertiary alicyclic amines) is 1. The van der Waals surface area contributed by atoms with Crippen LogP contribution in [0.4, 0.5) is 17.6 Å². The molecule has 1 aliphatic heterocycles.